The normalized spacial score (nSPS) is 11.6. The summed E-state index contributed by atoms with van der Waals surface area (Å²) < 4.78 is 37.8. The zero-order valence-corrected chi connectivity index (χ0v) is 18.5. The molecule has 0 spiro atoms. The molecule has 31 heavy (non-hydrogen) atoms. The lowest BCUT2D eigenvalue weighted by Gasteiger charge is -2.11. The van der Waals surface area contributed by atoms with Crippen LogP contribution in [-0.2, 0) is 21.2 Å². The van der Waals surface area contributed by atoms with E-state index in [1.165, 1.54) is 18.2 Å². The van der Waals surface area contributed by atoms with Gasteiger partial charge in [0.2, 0.25) is 10.0 Å². The number of fused-ring (bicyclic) bond motifs is 1. The lowest BCUT2D eigenvalue weighted by atomic mass is 10.0. The molecule has 0 atom stereocenters. The van der Waals surface area contributed by atoms with Gasteiger partial charge >= 0.3 is 11.6 Å². The molecule has 0 unspecified atom stereocenters. The van der Waals surface area contributed by atoms with Gasteiger partial charge in [-0.05, 0) is 56.5 Å². The predicted octanol–water partition coefficient (Wildman–Crippen LogP) is 3.64. The van der Waals surface area contributed by atoms with Gasteiger partial charge in [-0.25, -0.2) is 17.9 Å². The minimum absolute atomic E-state index is 0.0346. The van der Waals surface area contributed by atoms with Crippen molar-refractivity contribution in [1.29, 1.82) is 0 Å². The van der Waals surface area contributed by atoms with Crippen LogP contribution in [0.1, 0.15) is 36.5 Å². The molecule has 7 nitrogen and oxygen atoms in total. The number of carbonyl (C=O) groups excluding carboxylic acids is 1. The van der Waals surface area contributed by atoms with Crippen LogP contribution in [0, 0.1) is 13.8 Å². The second kappa shape index (κ2) is 9.45. The molecular weight excluding hydrogens is 418 g/mol. The monoisotopic (exact) mass is 443 g/mol. The molecule has 0 saturated heterocycles. The fourth-order valence-electron chi connectivity index (χ4n) is 3.22. The second-order valence-corrected chi connectivity index (χ2v) is 9.07. The van der Waals surface area contributed by atoms with Crippen LogP contribution in [-0.4, -0.2) is 20.9 Å². The summed E-state index contributed by atoms with van der Waals surface area (Å²) in [4.78, 5) is 24.2. The van der Waals surface area contributed by atoms with Crippen LogP contribution in [0.4, 0.5) is 0 Å². The van der Waals surface area contributed by atoms with Gasteiger partial charge in [-0.1, -0.05) is 24.6 Å². The number of ether oxygens (including phenoxy) is 1. The molecule has 164 valence electrons. The Morgan fingerprint density at radius 1 is 1.10 bits per heavy atom. The molecular formula is C23H25NO6S. The lowest BCUT2D eigenvalue weighted by molar-refractivity contribution is -0.134. The Kier molecular flexibility index (Phi) is 6.92. The van der Waals surface area contributed by atoms with Gasteiger partial charge in [-0.2, -0.15) is 0 Å². The van der Waals surface area contributed by atoms with Gasteiger partial charge < -0.3 is 9.15 Å². The summed E-state index contributed by atoms with van der Waals surface area (Å²) in [6.07, 6.45) is 0.998. The number of benzene rings is 2. The molecule has 1 aromatic heterocycles. The number of rotatable bonds is 8. The largest absolute Gasteiger partial charge is 0.426 e. The first-order valence-corrected chi connectivity index (χ1v) is 11.5. The molecule has 3 rings (SSSR count). The van der Waals surface area contributed by atoms with Crippen LogP contribution in [0.2, 0.25) is 0 Å². The Labute approximate surface area is 181 Å². The minimum Gasteiger partial charge on any atom is -0.426 e. The van der Waals surface area contributed by atoms with Crippen LogP contribution in [0.15, 0.2) is 56.6 Å². The quantitative estimate of drug-likeness (QED) is 0.247. The van der Waals surface area contributed by atoms with Crippen LogP contribution in [0.25, 0.3) is 11.0 Å². The van der Waals surface area contributed by atoms with E-state index in [1.54, 1.807) is 31.2 Å². The van der Waals surface area contributed by atoms with Gasteiger partial charge in [0.15, 0.2) is 0 Å². The van der Waals surface area contributed by atoms with Crippen molar-refractivity contribution in [2.24, 2.45) is 0 Å². The highest BCUT2D eigenvalue weighted by atomic mass is 32.2. The minimum atomic E-state index is -3.62. The van der Waals surface area contributed by atoms with E-state index in [9.17, 15) is 18.0 Å². The van der Waals surface area contributed by atoms with E-state index in [-0.39, 0.29) is 24.3 Å². The summed E-state index contributed by atoms with van der Waals surface area (Å²) in [6, 6.07) is 11.4. The zero-order valence-electron chi connectivity index (χ0n) is 17.7. The number of carbonyl (C=O) groups is 1. The van der Waals surface area contributed by atoms with E-state index in [1.807, 2.05) is 13.8 Å². The van der Waals surface area contributed by atoms with E-state index in [4.69, 9.17) is 9.15 Å². The summed E-state index contributed by atoms with van der Waals surface area (Å²) in [5.41, 5.74) is 2.36. The van der Waals surface area contributed by atoms with Crippen LogP contribution in [0.5, 0.6) is 5.75 Å². The molecule has 0 radical (unpaired) electrons. The highest BCUT2D eigenvalue weighted by Gasteiger charge is 2.15. The number of hydrogen-bond donors (Lipinski definition) is 1. The molecule has 0 fully saturated rings. The molecule has 0 amide bonds. The molecule has 0 saturated carbocycles. The second-order valence-electron chi connectivity index (χ2n) is 7.30. The summed E-state index contributed by atoms with van der Waals surface area (Å²) in [5, 5.41) is 0.810. The highest BCUT2D eigenvalue weighted by molar-refractivity contribution is 7.89. The Hall–Kier alpha value is -2.97. The number of esters is 1. The SMILES string of the molecule is CCc1cc(=O)oc2c(C)c(OC(=O)CCCNS(=O)(=O)c3ccc(C)cc3)ccc12. The first-order chi connectivity index (χ1) is 14.7. The summed E-state index contributed by atoms with van der Waals surface area (Å²) in [7, 11) is -3.62. The molecule has 1 heterocycles. The van der Waals surface area contributed by atoms with Gasteiger partial charge in [0.25, 0.3) is 0 Å². The first kappa shape index (κ1) is 22.7. The Balaban J connectivity index is 1.60. The molecule has 0 aliphatic heterocycles. The summed E-state index contributed by atoms with van der Waals surface area (Å²) >= 11 is 0. The van der Waals surface area contributed by atoms with Gasteiger partial charge in [-0.3, -0.25) is 4.79 Å². The third-order valence-corrected chi connectivity index (χ3v) is 6.46. The zero-order chi connectivity index (χ0) is 22.6. The van der Waals surface area contributed by atoms with Crippen molar-refractivity contribution in [2.75, 3.05) is 6.54 Å². The molecule has 0 aliphatic carbocycles. The molecule has 8 heteroatoms. The Morgan fingerprint density at radius 2 is 1.81 bits per heavy atom. The van der Waals surface area contributed by atoms with Gasteiger partial charge in [-0.15, -0.1) is 0 Å². The predicted molar refractivity (Wildman–Crippen MR) is 118 cm³/mol. The Bertz CT molecular complexity index is 1260. The molecule has 3 aromatic rings. The standard InChI is InChI=1S/C23H25NO6S/c1-4-17-14-22(26)30-23-16(3)20(12-11-19(17)23)29-21(25)6-5-13-24-31(27,28)18-9-7-15(2)8-10-18/h7-12,14,24H,4-6,13H2,1-3H3. The van der Waals surface area contributed by atoms with Crippen LogP contribution < -0.4 is 15.1 Å². The van der Waals surface area contributed by atoms with E-state index in [0.29, 0.717) is 23.3 Å². The smallest absolute Gasteiger partial charge is 0.336 e. The third kappa shape index (κ3) is 5.39. The maximum Gasteiger partial charge on any atom is 0.336 e. The maximum absolute atomic E-state index is 12.3. The average molecular weight is 444 g/mol. The van der Waals surface area contributed by atoms with E-state index >= 15 is 0 Å². The third-order valence-electron chi connectivity index (χ3n) is 4.98. The number of sulfonamides is 1. The summed E-state index contributed by atoms with van der Waals surface area (Å²) in [5.74, 6) is -0.180. The maximum atomic E-state index is 12.3. The number of hydrogen-bond acceptors (Lipinski definition) is 6. The van der Waals surface area contributed by atoms with Crippen molar-refractivity contribution in [2.45, 2.75) is 44.9 Å². The van der Waals surface area contributed by atoms with Gasteiger partial charge in [0.1, 0.15) is 11.3 Å². The molecule has 1 N–H and O–H groups in total. The molecule has 0 aliphatic rings. The van der Waals surface area contributed by atoms with Crippen LogP contribution >= 0.6 is 0 Å². The fraction of sp³-hybridized carbons (Fsp3) is 0.304. The summed E-state index contributed by atoms with van der Waals surface area (Å²) in [6.45, 7) is 5.66. The topological polar surface area (TPSA) is 103 Å². The van der Waals surface area contributed by atoms with Crippen molar-refractivity contribution in [3.05, 3.63) is 69.6 Å². The lowest BCUT2D eigenvalue weighted by Crippen LogP contribution is -2.25. The molecule has 2 aromatic carbocycles. The van der Waals surface area contributed by atoms with E-state index in [0.717, 1.165) is 16.5 Å². The molecule has 0 bridgehead atoms. The number of nitrogens with one attached hydrogen (secondary N) is 1. The van der Waals surface area contributed by atoms with Gasteiger partial charge in [0, 0.05) is 30.0 Å². The van der Waals surface area contributed by atoms with Gasteiger partial charge in [0.05, 0.1) is 4.90 Å². The number of aryl methyl sites for hydroxylation is 3. The average Bonchev–Trinajstić information content (AvgIpc) is 2.73. The van der Waals surface area contributed by atoms with Crippen molar-refractivity contribution in [3.8, 4) is 5.75 Å². The van der Waals surface area contributed by atoms with Crippen molar-refractivity contribution < 1.29 is 22.4 Å². The van der Waals surface area contributed by atoms with E-state index < -0.39 is 21.6 Å². The highest BCUT2D eigenvalue weighted by Crippen LogP contribution is 2.29. The van der Waals surface area contributed by atoms with E-state index in [2.05, 4.69) is 4.72 Å². The van der Waals surface area contributed by atoms with Crippen molar-refractivity contribution >= 4 is 27.0 Å². The van der Waals surface area contributed by atoms with Crippen molar-refractivity contribution in [1.82, 2.24) is 4.72 Å². The Morgan fingerprint density at radius 3 is 2.48 bits per heavy atom. The first-order valence-electron chi connectivity index (χ1n) is 10.0. The fourth-order valence-corrected chi connectivity index (χ4v) is 4.30. The van der Waals surface area contributed by atoms with Crippen molar-refractivity contribution in [3.63, 3.8) is 0 Å². The van der Waals surface area contributed by atoms with Crippen LogP contribution in [0.3, 0.4) is 0 Å².